The van der Waals surface area contributed by atoms with Gasteiger partial charge in [0.15, 0.2) is 0 Å². The number of halogens is 1. The van der Waals surface area contributed by atoms with E-state index in [0.29, 0.717) is 42.7 Å². The van der Waals surface area contributed by atoms with Crippen molar-refractivity contribution in [1.29, 1.82) is 0 Å². The number of aromatic nitrogens is 1. The number of carbonyl (C=O) groups excluding carboxylic acids is 1. The lowest BCUT2D eigenvalue weighted by Crippen LogP contribution is -2.40. The maximum atomic E-state index is 12.5. The van der Waals surface area contributed by atoms with Gasteiger partial charge in [-0.2, -0.15) is 0 Å². The van der Waals surface area contributed by atoms with E-state index in [0.717, 1.165) is 13.0 Å². The second-order valence-corrected chi connectivity index (χ2v) is 6.50. The molecule has 2 heterocycles. The number of anilines is 1. The fourth-order valence-electron chi connectivity index (χ4n) is 2.82. The Hall–Kier alpha value is -2.11. The van der Waals surface area contributed by atoms with Gasteiger partial charge in [0.25, 0.3) is 5.91 Å². The van der Waals surface area contributed by atoms with E-state index in [-0.39, 0.29) is 5.91 Å². The second-order valence-electron chi connectivity index (χ2n) is 6.09. The van der Waals surface area contributed by atoms with E-state index in [4.69, 9.17) is 16.3 Å². The number of likely N-dealkylation sites (N-methyl/N-ethyl adjacent to an activating group) is 1. The first-order valence-electron chi connectivity index (χ1n) is 8.43. The van der Waals surface area contributed by atoms with Crippen molar-refractivity contribution in [2.45, 2.75) is 6.42 Å². The normalized spacial score (nSPS) is 14.4. The average Bonchev–Trinajstić information content (AvgIpc) is 2.67. The van der Waals surface area contributed by atoms with Gasteiger partial charge in [-0.05, 0) is 18.1 Å². The molecule has 6 heteroatoms. The van der Waals surface area contributed by atoms with E-state index < -0.39 is 0 Å². The molecule has 0 saturated carbocycles. The highest BCUT2D eigenvalue weighted by atomic mass is 35.5. The van der Waals surface area contributed by atoms with Crippen LogP contribution in [0.3, 0.4) is 0 Å². The number of nitrogens with zero attached hydrogens (tertiary/aromatic N) is 3. The third-order valence-electron chi connectivity index (χ3n) is 4.31. The highest BCUT2D eigenvalue weighted by Gasteiger charge is 2.20. The Bertz CT molecular complexity index is 718. The van der Waals surface area contributed by atoms with Gasteiger partial charge in [-0.1, -0.05) is 41.9 Å². The summed E-state index contributed by atoms with van der Waals surface area (Å²) in [6.45, 7) is 3.16. The third-order valence-corrected chi connectivity index (χ3v) is 4.59. The molecule has 0 atom stereocenters. The molecule has 2 aromatic rings. The smallest absolute Gasteiger partial charge is 0.255 e. The molecule has 0 bridgehead atoms. The zero-order valence-electron chi connectivity index (χ0n) is 14.3. The van der Waals surface area contributed by atoms with Crippen molar-refractivity contribution in [2.75, 3.05) is 44.8 Å². The van der Waals surface area contributed by atoms with Gasteiger partial charge < -0.3 is 14.5 Å². The summed E-state index contributed by atoms with van der Waals surface area (Å²) in [5, 5.41) is 0.495. The standard InChI is InChI=1S/C19H22ClN3O2/c1-22(8-7-15-5-3-2-4-6-15)18-17(20)13-16(14-21-18)19(24)23-9-11-25-12-10-23/h2-6,13-14H,7-12H2,1H3. The van der Waals surface area contributed by atoms with Gasteiger partial charge in [-0.15, -0.1) is 0 Å². The van der Waals surface area contributed by atoms with Crippen LogP contribution < -0.4 is 4.90 Å². The molecule has 3 rings (SSSR count). The van der Waals surface area contributed by atoms with Crippen LogP contribution in [0.4, 0.5) is 5.82 Å². The summed E-state index contributed by atoms with van der Waals surface area (Å²) in [5.74, 6) is 0.646. The van der Waals surface area contributed by atoms with Crippen LogP contribution in [0.25, 0.3) is 0 Å². The molecule has 132 valence electrons. The predicted octanol–water partition coefficient (Wildman–Crippen LogP) is 2.89. The molecule has 1 aliphatic rings. The summed E-state index contributed by atoms with van der Waals surface area (Å²) < 4.78 is 5.28. The molecule has 0 unspecified atom stereocenters. The quantitative estimate of drug-likeness (QED) is 0.823. The molecule has 0 aliphatic carbocycles. The van der Waals surface area contributed by atoms with Gasteiger partial charge in [-0.25, -0.2) is 4.98 Å². The zero-order chi connectivity index (χ0) is 17.6. The first-order chi connectivity index (χ1) is 12.1. The number of hydrogen-bond acceptors (Lipinski definition) is 4. The molecule has 1 aromatic heterocycles. The molecule has 0 N–H and O–H groups in total. The van der Waals surface area contributed by atoms with E-state index in [2.05, 4.69) is 17.1 Å². The number of morpholine rings is 1. The maximum Gasteiger partial charge on any atom is 0.255 e. The van der Waals surface area contributed by atoms with Gasteiger partial charge in [0.2, 0.25) is 0 Å². The van der Waals surface area contributed by atoms with Gasteiger partial charge in [0.05, 0.1) is 23.8 Å². The summed E-state index contributed by atoms with van der Waals surface area (Å²) in [6.07, 6.45) is 2.52. The highest BCUT2D eigenvalue weighted by Crippen LogP contribution is 2.24. The molecule has 1 aromatic carbocycles. The molecule has 5 nitrogen and oxygen atoms in total. The van der Waals surface area contributed by atoms with Gasteiger partial charge in [-0.3, -0.25) is 4.79 Å². The van der Waals surface area contributed by atoms with Crippen LogP contribution in [-0.2, 0) is 11.2 Å². The largest absolute Gasteiger partial charge is 0.378 e. The number of benzene rings is 1. The first kappa shape index (κ1) is 17.7. The number of carbonyl (C=O) groups is 1. The Morgan fingerprint density at radius 3 is 2.68 bits per heavy atom. The minimum atomic E-state index is -0.0452. The van der Waals surface area contributed by atoms with Crippen LogP contribution in [0.15, 0.2) is 42.6 Å². The summed E-state index contributed by atoms with van der Waals surface area (Å²) in [6, 6.07) is 12.0. The van der Waals surface area contributed by atoms with Crippen molar-refractivity contribution in [3.63, 3.8) is 0 Å². The highest BCUT2D eigenvalue weighted by molar-refractivity contribution is 6.33. The molecule has 1 fully saturated rings. The van der Waals surface area contributed by atoms with Crippen LogP contribution >= 0.6 is 11.6 Å². The SMILES string of the molecule is CN(CCc1ccccc1)c1ncc(C(=O)N2CCOCC2)cc1Cl. The lowest BCUT2D eigenvalue weighted by atomic mass is 10.1. The Balaban J connectivity index is 1.65. The van der Waals surface area contributed by atoms with E-state index in [1.165, 1.54) is 5.56 Å². The maximum absolute atomic E-state index is 12.5. The van der Waals surface area contributed by atoms with Crippen LogP contribution in [-0.4, -0.2) is 55.7 Å². The lowest BCUT2D eigenvalue weighted by Gasteiger charge is -2.27. The van der Waals surface area contributed by atoms with Gasteiger partial charge in [0.1, 0.15) is 5.82 Å². The number of hydrogen-bond donors (Lipinski definition) is 0. The molecule has 0 radical (unpaired) electrons. The van der Waals surface area contributed by atoms with E-state index in [1.807, 2.05) is 30.1 Å². The zero-order valence-corrected chi connectivity index (χ0v) is 15.1. The topological polar surface area (TPSA) is 45.7 Å². The first-order valence-corrected chi connectivity index (χ1v) is 8.80. The minimum absolute atomic E-state index is 0.0452. The summed E-state index contributed by atoms with van der Waals surface area (Å²) in [4.78, 5) is 20.7. The average molecular weight is 360 g/mol. The van der Waals surface area contributed by atoms with Gasteiger partial charge in [0, 0.05) is 32.9 Å². The fourth-order valence-corrected chi connectivity index (χ4v) is 3.14. The third kappa shape index (κ3) is 4.50. The Kier molecular flexibility index (Phi) is 5.89. The van der Waals surface area contributed by atoms with Crippen LogP contribution in [0.5, 0.6) is 0 Å². The van der Waals surface area contributed by atoms with E-state index >= 15 is 0 Å². The molecule has 0 spiro atoms. The Morgan fingerprint density at radius 1 is 1.28 bits per heavy atom. The summed E-state index contributed by atoms with van der Waals surface area (Å²) in [5.41, 5.74) is 1.79. The van der Waals surface area contributed by atoms with E-state index in [9.17, 15) is 4.79 Å². The van der Waals surface area contributed by atoms with Crippen LogP contribution in [0.1, 0.15) is 15.9 Å². The number of pyridine rings is 1. The molecule has 1 saturated heterocycles. The Morgan fingerprint density at radius 2 is 2.00 bits per heavy atom. The lowest BCUT2D eigenvalue weighted by molar-refractivity contribution is 0.0302. The molecule has 1 aliphatic heterocycles. The molecular weight excluding hydrogens is 338 g/mol. The monoisotopic (exact) mass is 359 g/mol. The van der Waals surface area contributed by atoms with Gasteiger partial charge >= 0.3 is 0 Å². The van der Waals surface area contributed by atoms with Crippen molar-refractivity contribution in [3.05, 3.63) is 58.7 Å². The fraction of sp³-hybridized carbons (Fsp3) is 0.368. The molecular formula is C19H22ClN3O2. The van der Waals surface area contributed by atoms with Crippen LogP contribution in [0, 0.1) is 0 Å². The molecule has 1 amide bonds. The van der Waals surface area contributed by atoms with E-state index in [1.54, 1.807) is 17.2 Å². The van der Waals surface area contributed by atoms with Crippen molar-refractivity contribution in [2.24, 2.45) is 0 Å². The molecule has 25 heavy (non-hydrogen) atoms. The van der Waals surface area contributed by atoms with Crippen molar-refractivity contribution in [1.82, 2.24) is 9.88 Å². The van der Waals surface area contributed by atoms with Crippen molar-refractivity contribution in [3.8, 4) is 0 Å². The minimum Gasteiger partial charge on any atom is -0.378 e. The number of ether oxygens (including phenoxy) is 1. The predicted molar refractivity (Wildman–Crippen MR) is 99.4 cm³/mol. The second kappa shape index (κ2) is 8.32. The van der Waals surface area contributed by atoms with Crippen LogP contribution in [0.2, 0.25) is 5.02 Å². The number of amides is 1. The van der Waals surface area contributed by atoms with Crippen molar-refractivity contribution < 1.29 is 9.53 Å². The number of rotatable bonds is 5. The summed E-state index contributed by atoms with van der Waals surface area (Å²) in [7, 11) is 1.96. The summed E-state index contributed by atoms with van der Waals surface area (Å²) >= 11 is 6.39. The Labute approximate surface area is 153 Å². The van der Waals surface area contributed by atoms with Crippen molar-refractivity contribution >= 4 is 23.3 Å².